The number of benzene rings is 1. The molecule has 98 valence electrons. The smallest absolute Gasteiger partial charge is 0.371 e. The molecule has 0 fully saturated rings. The van der Waals surface area contributed by atoms with Crippen molar-refractivity contribution in [2.75, 3.05) is 20.3 Å². The highest BCUT2D eigenvalue weighted by molar-refractivity contribution is 5.94. The lowest BCUT2D eigenvalue weighted by atomic mass is 10.0. The normalized spacial score (nSPS) is 11.9. The standard InChI is InChI=1S/C14H18O4/c1-3-18-10-9-12(13(17-2)14(15)16)11-7-5-4-6-8-11/h4-8H,3,9-10H2,1-2H3,(H,15,16). The molecule has 0 aliphatic heterocycles. The van der Waals surface area contributed by atoms with Crippen molar-refractivity contribution < 1.29 is 19.4 Å². The maximum Gasteiger partial charge on any atom is 0.371 e. The predicted octanol–water partition coefficient (Wildman–Crippen LogP) is 2.56. The maximum absolute atomic E-state index is 11.2. The van der Waals surface area contributed by atoms with Crippen LogP contribution in [-0.2, 0) is 14.3 Å². The fourth-order valence-corrected chi connectivity index (χ4v) is 1.69. The van der Waals surface area contributed by atoms with Gasteiger partial charge in [-0.2, -0.15) is 0 Å². The van der Waals surface area contributed by atoms with E-state index in [0.29, 0.717) is 25.2 Å². The number of hydrogen-bond donors (Lipinski definition) is 1. The van der Waals surface area contributed by atoms with Gasteiger partial charge in [-0.05, 0) is 12.5 Å². The van der Waals surface area contributed by atoms with Crippen LogP contribution in [0.4, 0.5) is 0 Å². The first-order valence-corrected chi connectivity index (χ1v) is 5.84. The Morgan fingerprint density at radius 3 is 2.44 bits per heavy atom. The molecule has 0 heterocycles. The average molecular weight is 250 g/mol. The van der Waals surface area contributed by atoms with Gasteiger partial charge in [0.1, 0.15) is 0 Å². The lowest BCUT2D eigenvalue weighted by molar-refractivity contribution is -0.135. The third kappa shape index (κ3) is 3.89. The summed E-state index contributed by atoms with van der Waals surface area (Å²) < 4.78 is 10.3. The van der Waals surface area contributed by atoms with Crippen LogP contribution in [0.2, 0.25) is 0 Å². The molecule has 1 rings (SSSR count). The number of ether oxygens (including phenoxy) is 2. The van der Waals surface area contributed by atoms with Gasteiger partial charge in [0, 0.05) is 18.6 Å². The fourth-order valence-electron chi connectivity index (χ4n) is 1.69. The Labute approximate surface area is 107 Å². The molecule has 0 saturated heterocycles. The van der Waals surface area contributed by atoms with Crippen LogP contribution in [0.15, 0.2) is 36.1 Å². The van der Waals surface area contributed by atoms with Crippen LogP contribution in [0.5, 0.6) is 0 Å². The van der Waals surface area contributed by atoms with Crippen molar-refractivity contribution in [1.29, 1.82) is 0 Å². The molecule has 0 spiro atoms. The first-order valence-electron chi connectivity index (χ1n) is 5.84. The predicted molar refractivity (Wildman–Crippen MR) is 69.1 cm³/mol. The largest absolute Gasteiger partial charge is 0.490 e. The van der Waals surface area contributed by atoms with Gasteiger partial charge in [-0.3, -0.25) is 0 Å². The van der Waals surface area contributed by atoms with E-state index < -0.39 is 5.97 Å². The third-order valence-electron chi connectivity index (χ3n) is 2.50. The van der Waals surface area contributed by atoms with Crippen LogP contribution >= 0.6 is 0 Å². The minimum atomic E-state index is -1.06. The van der Waals surface area contributed by atoms with Gasteiger partial charge < -0.3 is 14.6 Å². The summed E-state index contributed by atoms with van der Waals surface area (Å²) in [4.78, 5) is 11.2. The number of methoxy groups -OCH3 is 1. The molecule has 0 unspecified atom stereocenters. The first-order chi connectivity index (χ1) is 8.70. The van der Waals surface area contributed by atoms with Gasteiger partial charge in [-0.15, -0.1) is 0 Å². The highest BCUT2D eigenvalue weighted by Gasteiger charge is 2.16. The lowest BCUT2D eigenvalue weighted by Gasteiger charge is -2.12. The molecule has 0 aromatic heterocycles. The highest BCUT2D eigenvalue weighted by Crippen LogP contribution is 2.23. The molecule has 1 N–H and O–H groups in total. The van der Waals surface area contributed by atoms with Gasteiger partial charge in [0.25, 0.3) is 0 Å². The van der Waals surface area contributed by atoms with Crippen LogP contribution < -0.4 is 0 Å². The second-order valence-electron chi connectivity index (χ2n) is 3.63. The van der Waals surface area contributed by atoms with E-state index in [9.17, 15) is 4.79 Å². The Balaban J connectivity index is 3.05. The Kier molecular flexibility index (Phi) is 5.94. The van der Waals surface area contributed by atoms with Crippen LogP contribution in [0, 0.1) is 0 Å². The van der Waals surface area contributed by atoms with E-state index in [1.807, 2.05) is 37.3 Å². The number of carboxylic acids is 1. The lowest BCUT2D eigenvalue weighted by Crippen LogP contribution is -2.08. The van der Waals surface area contributed by atoms with Crippen molar-refractivity contribution >= 4 is 11.5 Å². The van der Waals surface area contributed by atoms with E-state index in [1.165, 1.54) is 7.11 Å². The number of aliphatic carboxylic acids is 1. The van der Waals surface area contributed by atoms with Crippen molar-refractivity contribution in [2.45, 2.75) is 13.3 Å². The Bertz CT molecular complexity index is 409. The molecule has 0 bridgehead atoms. The van der Waals surface area contributed by atoms with Crippen LogP contribution in [0.1, 0.15) is 18.9 Å². The van der Waals surface area contributed by atoms with Crippen LogP contribution in [-0.4, -0.2) is 31.4 Å². The van der Waals surface area contributed by atoms with Crippen LogP contribution in [0.3, 0.4) is 0 Å². The molecule has 1 aromatic rings. The minimum Gasteiger partial charge on any atom is -0.490 e. The second kappa shape index (κ2) is 7.50. The van der Waals surface area contributed by atoms with E-state index in [0.717, 1.165) is 5.56 Å². The quantitative estimate of drug-likeness (QED) is 0.459. The molecule has 1 aromatic carbocycles. The van der Waals surface area contributed by atoms with Crippen molar-refractivity contribution in [3.8, 4) is 0 Å². The molecular weight excluding hydrogens is 232 g/mol. The van der Waals surface area contributed by atoms with Gasteiger partial charge in [-0.1, -0.05) is 30.3 Å². The van der Waals surface area contributed by atoms with Gasteiger partial charge in [0.05, 0.1) is 13.7 Å². The maximum atomic E-state index is 11.2. The van der Waals surface area contributed by atoms with Crippen molar-refractivity contribution in [3.63, 3.8) is 0 Å². The average Bonchev–Trinajstić information content (AvgIpc) is 2.38. The summed E-state index contributed by atoms with van der Waals surface area (Å²) in [5, 5.41) is 9.14. The molecule has 0 aliphatic rings. The molecule has 0 amide bonds. The second-order valence-corrected chi connectivity index (χ2v) is 3.63. The molecule has 0 saturated carbocycles. The zero-order valence-electron chi connectivity index (χ0n) is 10.7. The minimum absolute atomic E-state index is 0.0269. The third-order valence-corrected chi connectivity index (χ3v) is 2.50. The van der Waals surface area contributed by atoms with Crippen molar-refractivity contribution in [1.82, 2.24) is 0 Å². The summed E-state index contributed by atoms with van der Waals surface area (Å²) in [5.74, 6) is -1.09. The van der Waals surface area contributed by atoms with E-state index in [-0.39, 0.29) is 5.76 Å². The van der Waals surface area contributed by atoms with Gasteiger partial charge in [0.2, 0.25) is 5.76 Å². The summed E-state index contributed by atoms with van der Waals surface area (Å²) in [5.41, 5.74) is 1.50. The molecule has 0 radical (unpaired) electrons. The molecule has 4 heteroatoms. The number of carbonyl (C=O) groups is 1. The summed E-state index contributed by atoms with van der Waals surface area (Å²) in [6.45, 7) is 2.98. The van der Waals surface area contributed by atoms with Crippen molar-refractivity contribution in [3.05, 3.63) is 41.7 Å². The van der Waals surface area contributed by atoms with Crippen LogP contribution in [0.25, 0.3) is 5.57 Å². The monoisotopic (exact) mass is 250 g/mol. The Hall–Kier alpha value is -1.81. The summed E-state index contributed by atoms with van der Waals surface area (Å²) in [6.07, 6.45) is 0.507. The summed E-state index contributed by atoms with van der Waals surface area (Å²) in [7, 11) is 1.37. The van der Waals surface area contributed by atoms with Gasteiger partial charge >= 0.3 is 5.97 Å². The molecule has 4 nitrogen and oxygen atoms in total. The van der Waals surface area contributed by atoms with E-state index in [4.69, 9.17) is 14.6 Å². The summed E-state index contributed by atoms with van der Waals surface area (Å²) in [6, 6.07) is 9.35. The summed E-state index contributed by atoms with van der Waals surface area (Å²) >= 11 is 0. The number of rotatable bonds is 7. The highest BCUT2D eigenvalue weighted by atomic mass is 16.5. The number of hydrogen-bond acceptors (Lipinski definition) is 3. The zero-order chi connectivity index (χ0) is 13.4. The van der Waals surface area contributed by atoms with Gasteiger partial charge in [0.15, 0.2) is 0 Å². The molecular formula is C14H18O4. The molecule has 0 aliphatic carbocycles. The Morgan fingerprint density at radius 1 is 1.28 bits per heavy atom. The topological polar surface area (TPSA) is 55.8 Å². The SMILES string of the molecule is CCOCCC(=C(OC)C(=O)O)c1ccccc1. The van der Waals surface area contributed by atoms with Crippen molar-refractivity contribution in [2.24, 2.45) is 0 Å². The van der Waals surface area contributed by atoms with E-state index in [2.05, 4.69) is 0 Å². The fraction of sp³-hybridized carbons (Fsp3) is 0.357. The zero-order valence-corrected chi connectivity index (χ0v) is 10.7. The Morgan fingerprint density at radius 2 is 1.94 bits per heavy atom. The van der Waals surface area contributed by atoms with Gasteiger partial charge in [-0.25, -0.2) is 4.79 Å². The first kappa shape index (κ1) is 14.3. The molecule has 18 heavy (non-hydrogen) atoms. The van der Waals surface area contributed by atoms with E-state index >= 15 is 0 Å². The van der Waals surface area contributed by atoms with E-state index in [1.54, 1.807) is 0 Å². The number of carboxylic acid groups (broad SMARTS) is 1. The molecule has 0 atom stereocenters.